The number of aliphatic imine (C=N–C) groups is 1. The van der Waals surface area contributed by atoms with Gasteiger partial charge in [-0.1, -0.05) is 0 Å². The maximum absolute atomic E-state index is 12.2. The van der Waals surface area contributed by atoms with Crippen LogP contribution in [0.2, 0.25) is 0 Å². The molecule has 9 nitrogen and oxygen atoms in total. The second-order valence-corrected chi connectivity index (χ2v) is 7.09. The molecule has 1 amide bonds. The number of amides is 1. The van der Waals surface area contributed by atoms with E-state index in [-0.39, 0.29) is 36.1 Å². The Morgan fingerprint density at radius 1 is 1.40 bits per heavy atom. The largest absolute Gasteiger partial charge is 0.444 e. The van der Waals surface area contributed by atoms with Crippen molar-refractivity contribution in [1.82, 2.24) is 29.9 Å². The van der Waals surface area contributed by atoms with Crippen LogP contribution in [0.15, 0.2) is 11.3 Å². The van der Waals surface area contributed by atoms with E-state index >= 15 is 0 Å². The normalized spacial score (nSPS) is 19.8. The third kappa shape index (κ3) is 4.73. The van der Waals surface area contributed by atoms with E-state index in [4.69, 9.17) is 4.74 Å². The summed E-state index contributed by atoms with van der Waals surface area (Å²) < 4.78 is 7.20. The summed E-state index contributed by atoms with van der Waals surface area (Å²) in [6.07, 6.45) is 1.29. The van der Waals surface area contributed by atoms with Crippen LogP contribution in [0.25, 0.3) is 0 Å². The summed E-state index contributed by atoms with van der Waals surface area (Å²) in [6.45, 7) is 8.92. The molecule has 10 heteroatoms. The van der Waals surface area contributed by atoms with Crippen molar-refractivity contribution in [2.45, 2.75) is 39.0 Å². The standard InChI is InChI=1S/C15H25N7O2.HI/c1-15(2,3)24-14(23)21-5-6-22-11(9-21)7-16-13(22)17-8-12-18-10-19-20(12)4;/h10-11H,5-9H2,1-4H3,(H,16,17);1H. The molecule has 1 aromatic heterocycles. The van der Waals surface area contributed by atoms with Crippen LogP contribution < -0.4 is 5.32 Å². The van der Waals surface area contributed by atoms with Crippen LogP contribution in [-0.4, -0.2) is 74.4 Å². The maximum atomic E-state index is 12.2. The van der Waals surface area contributed by atoms with Crippen LogP contribution in [-0.2, 0) is 18.3 Å². The Bertz CT molecular complexity index is 640. The van der Waals surface area contributed by atoms with Crippen molar-refractivity contribution < 1.29 is 9.53 Å². The molecule has 1 atom stereocenters. The van der Waals surface area contributed by atoms with Crippen molar-refractivity contribution in [2.24, 2.45) is 12.0 Å². The molecular formula is C15H26IN7O2. The van der Waals surface area contributed by atoms with E-state index in [2.05, 4.69) is 25.3 Å². The smallest absolute Gasteiger partial charge is 0.410 e. The molecule has 0 bridgehead atoms. The van der Waals surface area contributed by atoms with Gasteiger partial charge in [0.2, 0.25) is 0 Å². The number of nitrogens with one attached hydrogen (secondary N) is 1. The highest BCUT2D eigenvalue weighted by molar-refractivity contribution is 14.0. The number of carbonyl (C=O) groups is 1. The molecule has 1 aromatic rings. The van der Waals surface area contributed by atoms with Gasteiger partial charge in [0.25, 0.3) is 0 Å². The molecule has 0 saturated carbocycles. The molecule has 3 rings (SSSR count). The zero-order chi connectivity index (χ0) is 17.3. The van der Waals surface area contributed by atoms with Gasteiger partial charge in [-0.25, -0.2) is 9.78 Å². The molecule has 0 aromatic carbocycles. The Morgan fingerprint density at radius 3 is 2.80 bits per heavy atom. The van der Waals surface area contributed by atoms with Crippen molar-refractivity contribution in [2.75, 3.05) is 26.2 Å². The number of guanidine groups is 1. The topological polar surface area (TPSA) is 87.9 Å². The van der Waals surface area contributed by atoms with Crippen molar-refractivity contribution in [3.63, 3.8) is 0 Å². The Morgan fingerprint density at radius 2 is 2.16 bits per heavy atom. The monoisotopic (exact) mass is 463 g/mol. The van der Waals surface area contributed by atoms with E-state index in [1.165, 1.54) is 6.33 Å². The Hall–Kier alpha value is -1.59. The van der Waals surface area contributed by atoms with Crippen LogP contribution in [0.4, 0.5) is 4.79 Å². The summed E-state index contributed by atoms with van der Waals surface area (Å²) in [6, 6.07) is 0.202. The molecular weight excluding hydrogens is 437 g/mol. The average molecular weight is 463 g/mol. The van der Waals surface area contributed by atoms with Crippen molar-refractivity contribution in [1.29, 1.82) is 0 Å². The molecule has 140 valence electrons. The van der Waals surface area contributed by atoms with Crippen LogP contribution in [0.1, 0.15) is 26.6 Å². The summed E-state index contributed by atoms with van der Waals surface area (Å²) in [4.78, 5) is 25.0. The minimum atomic E-state index is -0.469. The molecule has 0 radical (unpaired) electrons. The fraction of sp³-hybridized carbons (Fsp3) is 0.733. The van der Waals surface area contributed by atoms with E-state index in [1.54, 1.807) is 9.58 Å². The minimum absolute atomic E-state index is 0. The van der Waals surface area contributed by atoms with Gasteiger partial charge in [0.1, 0.15) is 17.8 Å². The number of aromatic nitrogens is 3. The second kappa shape index (κ2) is 7.75. The molecule has 0 spiro atoms. The molecule has 2 aliphatic rings. The van der Waals surface area contributed by atoms with Crippen molar-refractivity contribution >= 4 is 36.0 Å². The third-order valence-corrected chi connectivity index (χ3v) is 4.07. The number of nitrogens with zero attached hydrogens (tertiary/aromatic N) is 6. The molecule has 0 aliphatic carbocycles. The number of rotatable bonds is 2. The molecule has 2 aliphatic heterocycles. The van der Waals surface area contributed by atoms with Crippen LogP contribution >= 0.6 is 24.0 Å². The van der Waals surface area contributed by atoms with Crippen molar-refractivity contribution in [3.8, 4) is 0 Å². The molecule has 1 saturated heterocycles. The van der Waals surface area contributed by atoms with Gasteiger partial charge >= 0.3 is 6.09 Å². The quantitative estimate of drug-likeness (QED) is 0.654. The lowest BCUT2D eigenvalue weighted by atomic mass is 10.2. The van der Waals surface area contributed by atoms with Crippen LogP contribution in [0.5, 0.6) is 0 Å². The summed E-state index contributed by atoms with van der Waals surface area (Å²) in [5.41, 5.74) is -0.469. The van der Waals surface area contributed by atoms with E-state index < -0.39 is 5.60 Å². The summed E-state index contributed by atoms with van der Waals surface area (Å²) in [5.74, 6) is 1.72. The Kier molecular flexibility index (Phi) is 6.12. The van der Waals surface area contributed by atoms with Gasteiger partial charge in [-0.15, -0.1) is 24.0 Å². The lowest BCUT2D eigenvalue weighted by molar-refractivity contribution is 0.0137. The Labute approximate surface area is 164 Å². The highest BCUT2D eigenvalue weighted by Gasteiger charge is 2.36. The van der Waals surface area contributed by atoms with Gasteiger partial charge < -0.3 is 19.9 Å². The number of fused-ring (bicyclic) bond motifs is 1. The number of aryl methyl sites for hydroxylation is 1. The number of halogens is 1. The number of ether oxygens (including phenoxy) is 1. The number of carbonyl (C=O) groups excluding carboxylic acids is 1. The fourth-order valence-electron chi connectivity index (χ4n) is 2.86. The maximum Gasteiger partial charge on any atom is 0.410 e. The molecule has 1 fully saturated rings. The van der Waals surface area contributed by atoms with Gasteiger partial charge in [-0.3, -0.25) is 9.67 Å². The van der Waals surface area contributed by atoms with Gasteiger partial charge in [0, 0.05) is 26.7 Å². The van der Waals surface area contributed by atoms with Gasteiger partial charge in [-0.05, 0) is 20.8 Å². The van der Waals surface area contributed by atoms with E-state index in [1.807, 2.05) is 27.8 Å². The van der Waals surface area contributed by atoms with Crippen LogP contribution in [0, 0.1) is 0 Å². The van der Waals surface area contributed by atoms with E-state index in [0.29, 0.717) is 26.2 Å². The predicted octanol–water partition coefficient (Wildman–Crippen LogP) is 0.814. The highest BCUT2D eigenvalue weighted by Crippen LogP contribution is 2.18. The summed E-state index contributed by atoms with van der Waals surface area (Å²) in [5, 5.41) is 7.38. The zero-order valence-corrected chi connectivity index (χ0v) is 17.4. The van der Waals surface area contributed by atoms with Gasteiger partial charge in [-0.2, -0.15) is 5.10 Å². The first-order chi connectivity index (χ1) is 11.3. The molecule has 25 heavy (non-hydrogen) atoms. The number of hydrogen-bond donors (Lipinski definition) is 1. The van der Waals surface area contributed by atoms with Gasteiger partial charge in [0.15, 0.2) is 5.96 Å². The minimum Gasteiger partial charge on any atom is -0.444 e. The lowest BCUT2D eigenvalue weighted by Crippen LogP contribution is -2.57. The first-order valence-corrected chi connectivity index (χ1v) is 8.19. The fourth-order valence-corrected chi connectivity index (χ4v) is 2.86. The first kappa shape index (κ1) is 19.7. The summed E-state index contributed by atoms with van der Waals surface area (Å²) >= 11 is 0. The lowest BCUT2D eigenvalue weighted by Gasteiger charge is -2.39. The summed E-state index contributed by atoms with van der Waals surface area (Å²) in [7, 11) is 1.86. The second-order valence-electron chi connectivity index (χ2n) is 7.09. The van der Waals surface area contributed by atoms with Crippen LogP contribution in [0.3, 0.4) is 0 Å². The first-order valence-electron chi connectivity index (χ1n) is 8.19. The molecule has 3 heterocycles. The molecule has 1 unspecified atom stereocenters. The van der Waals surface area contributed by atoms with Gasteiger partial charge in [0.05, 0.1) is 19.1 Å². The zero-order valence-electron chi connectivity index (χ0n) is 15.1. The number of hydrogen-bond acceptors (Lipinski definition) is 7. The van der Waals surface area contributed by atoms with E-state index in [9.17, 15) is 4.79 Å². The third-order valence-electron chi connectivity index (χ3n) is 4.07. The Balaban J connectivity index is 0.00000225. The molecule has 1 N–H and O–H groups in total. The van der Waals surface area contributed by atoms with Crippen molar-refractivity contribution in [3.05, 3.63) is 12.2 Å². The number of piperazine rings is 1. The predicted molar refractivity (Wildman–Crippen MR) is 104 cm³/mol. The average Bonchev–Trinajstić information content (AvgIpc) is 3.09. The highest BCUT2D eigenvalue weighted by atomic mass is 127. The SMILES string of the molecule is Cn1ncnc1CNC1=NCC2CN(C(=O)OC(C)(C)C)CCN12.I. The van der Waals surface area contributed by atoms with E-state index in [0.717, 1.165) is 18.3 Å².